The monoisotopic (exact) mass is 318 g/mol. The molecule has 0 saturated heterocycles. The quantitative estimate of drug-likeness (QED) is 0.723. The van der Waals surface area contributed by atoms with Gasteiger partial charge in [0.25, 0.3) is 0 Å². The highest BCUT2D eigenvalue weighted by molar-refractivity contribution is 9.10. The van der Waals surface area contributed by atoms with E-state index in [1.165, 1.54) is 0 Å². The van der Waals surface area contributed by atoms with Crippen molar-refractivity contribution in [3.63, 3.8) is 0 Å². The van der Waals surface area contributed by atoms with Crippen LogP contribution >= 0.6 is 15.9 Å². The molecule has 0 unspecified atom stereocenters. The fourth-order valence-corrected chi connectivity index (χ4v) is 2.17. The summed E-state index contributed by atoms with van der Waals surface area (Å²) in [5.41, 5.74) is 0.770. The summed E-state index contributed by atoms with van der Waals surface area (Å²) in [6, 6.07) is 3.57. The lowest BCUT2D eigenvalue weighted by molar-refractivity contribution is 0.258. The molecule has 0 aliphatic heterocycles. The van der Waals surface area contributed by atoms with E-state index in [1.807, 2.05) is 6.07 Å². The van der Waals surface area contributed by atoms with Gasteiger partial charge < -0.3 is 19.7 Å². The van der Waals surface area contributed by atoms with Gasteiger partial charge >= 0.3 is 0 Å². The standard InChI is InChI=1S/C13H19BrO4/c1-17-12-8-10(9-16)7-11(14)13(12)18-6-4-2-3-5-15/h7-8,15-16H,2-6,9H2,1H3. The molecule has 2 N–H and O–H groups in total. The number of halogens is 1. The molecular weight excluding hydrogens is 300 g/mol. The van der Waals surface area contributed by atoms with Gasteiger partial charge in [0, 0.05) is 6.61 Å². The minimum Gasteiger partial charge on any atom is -0.493 e. The van der Waals surface area contributed by atoms with Crippen LogP contribution in [0.4, 0.5) is 0 Å². The third kappa shape index (κ3) is 4.48. The van der Waals surface area contributed by atoms with Crippen LogP contribution in [-0.4, -0.2) is 30.5 Å². The van der Waals surface area contributed by atoms with Crippen LogP contribution in [-0.2, 0) is 6.61 Å². The summed E-state index contributed by atoms with van der Waals surface area (Å²) < 4.78 is 11.7. The number of ether oxygens (including phenoxy) is 2. The zero-order valence-corrected chi connectivity index (χ0v) is 12.1. The van der Waals surface area contributed by atoms with Gasteiger partial charge in [-0.25, -0.2) is 0 Å². The third-order valence-corrected chi connectivity index (χ3v) is 3.11. The minimum atomic E-state index is -0.0360. The van der Waals surface area contributed by atoms with E-state index in [2.05, 4.69) is 15.9 Å². The van der Waals surface area contributed by atoms with E-state index in [4.69, 9.17) is 19.7 Å². The first kappa shape index (κ1) is 15.3. The number of aliphatic hydroxyl groups excluding tert-OH is 2. The highest BCUT2D eigenvalue weighted by atomic mass is 79.9. The Bertz CT molecular complexity index is 368. The van der Waals surface area contributed by atoms with Gasteiger partial charge in [-0.2, -0.15) is 0 Å². The van der Waals surface area contributed by atoms with Crippen molar-refractivity contribution in [3.8, 4) is 11.5 Å². The first-order chi connectivity index (χ1) is 8.72. The van der Waals surface area contributed by atoms with Gasteiger partial charge in [-0.1, -0.05) is 0 Å². The molecule has 0 bridgehead atoms. The lowest BCUT2D eigenvalue weighted by atomic mass is 10.2. The first-order valence-electron chi connectivity index (χ1n) is 5.93. The minimum absolute atomic E-state index is 0.0360. The smallest absolute Gasteiger partial charge is 0.175 e. The summed E-state index contributed by atoms with van der Waals surface area (Å²) in [5, 5.41) is 17.8. The molecule has 1 rings (SSSR count). The molecule has 18 heavy (non-hydrogen) atoms. The molecule has 4 nitrogen and oxygen atoms in total. The normalized spacial score (nSPS) is 10.4. The van der Waals surface area contributed by atoms with E-state index in [0.717, 1.165) is 29.3 Å². The summed E-state index contributed by atoms with van der Waals surface area (Å²) in [7, 11) is 1.57. The summed E-state index contributed by atoms with van der Waals surface area (Å²) >= 11 is 3.41. The average Bonchev–Trinajstić information content (AvgIpc) is 2.39. The maximum Gasteiger partial charge on any atom is 0.175 e. The van der Waals surface area contributed by atoms with E-state index in [-0.39, 0.29) is 13.2 Å². The van der Waals surface area contributed by atoms with Crippen LogP contribution in [0.5, 0.6) is 11.5 Å². The Hall–Kier alpha value is -0.780. The molecule has 102 valence electrons. The largest absolute Gasteiger partial charge is 0.493 e. The number of aliphatic hydroxyl groups is 2. The predicted octanol–water partition coefficient (Wildman–Crippen LogP) is 2.49. The first-order valence-corrected chi connectivity index (χ1v) is 6.73. The summed E-state index contributed by atoms with van der Waals surface area (Å²) in [6.45, 7) is 0.761. The lowest BCUT2D eigenvalue weighted by Crippen LogP contribution is -2.01. The molecule has 5 heteroatoms. The van der Waals surface area contributed by atoms with Crippen molar-refractivity contribution in [2.75, 3.05) is 20.3 Å². The zero-order chi connectivity index (χ0) is 13.4. The van der Waals surface area contributed by atoms with Crippen LogP contribution in [0.15, 0.2) is 16.6 Å². The van der Waals surface area contributed by atoms with Gasteiger partial charge in [0.1, 0.15) is 0 Å². The van der Waals surface area contributed by atoms with Crippen LogP contribution in [0.25, 0.3) is 0 Å². The molecule has 1 aromatic carbocycles. The van der Waals surface area contributed by atoms with Gasteiger partial charge in [-0.3, -0.25) is 0 Å². The highest BCUT2D eigenvalue weighted by Gasteiger charge is 2.11. The second-order valence-corrected chi connectivity index (χ2v) is 4.75. The Morgan fingerprint density at radius 3 is 2.56 bits per heavy atom. The van der Waals surface area contributed by atoms with Crippen LogP contribution in [0.1, 0.15) is 24.8 Å². The van der Waals surface area contributed by atoms with Crippen molar-refractivity contribution in [1.82, 2.24) is 0 Å². The second kappa shape index (κ2) is 8.34. The average molecular weight is 319 g/mol. The predicted molar refractivity (Wildman–Crippen MR) is 73.0 cm³/mol. The molecule has 0 atom stereocenters. The van der Waals surface area contributed by atoms with E-state index < -0.39 is 0 Å². The Balaban J connectivity index is 2.63. The van der Waals surface area contributed by atoms with E-state index in [9.17, 15) is 0 Å². The maximum absolute atomic E-state index is 9.11. The van der Waals surface area contributed by atoms with Crippen molar-refractivity contribution in [2.45, 2.75) is 25.9 Å². The molecule has 0 heterocycles. The van der Waals surface area contributed by atoms with Gasteiger partial charge in [0.05, 0.1) is 24.8 Å². The molecule has 0 radical (unpaired) electrons. The molecule has 0 aliphatic rings. The maximum atomic E-state index is 9.11. The summed E-state index contributed by atoms with van der Waals surface area (Å²) in [6.07, 6.45) is 2.62. The number of unbranched alkanes of at least 4 members (excludes halogenated alkanes) is 2. The van der Waals surface area contributed by atoms with Crippen LogP contribution in [0.3, 0.4) is 0 Å². The lowest BCUT2D eigenvalue weighted by Gasteiger charge is -2.13. The Morgan fingerprint density at radius 2 is 1.94 bits per heavy atom. The van der Waals surface area contributed by atoms with E-state index in [1.54, 1.807) is 13.2 Å². The molecular formula is C13H19BrO4. The van der Waals surface area contributed by atoms with Crippen molar-refractivity contribution in [2.24, 2.45) is 0 Å². The van der Waals surface area contributed by atoms with Gasteiger partial charge in [-0.05, 0) is 52.9 Å². The van der Waals surface area contributed by atoms with Crippen molar-refractivity contribution in [3.05, 3.63) is 22.2 Å². The summed E-state index contributed by atoms with van der Waals surface area (Å²) in [5.74, 6) is 1.26. The van der Waals surface area contributed by atoms with Crippen molar-refractivity contribution < 1.29 is 19.7 Å². The molecule has 1 aromatic rings. The van der Waals surface area contributed by atoms with Gasteiger partial charge in [-0.15, -0.1) is 0 Å². The number of benzene rings is 1. The number of methoxy groups -OCH3 is 1. The summed E-state index contributed by atoms with van der Waals surface area (Å²) in [4.78, 5) is 0. The van der Waals surface area contributed by atoms with Gasteiger partial charge in [0.2, 0.25) is 0 Å². The molecule has 0 saturated carbocycles. The second-order valence-electron chi connectivity index (χ2n) is 3.90. The van der Waals surface area contributed by atoms with Crippen LogP contribution in [0.2, 0.25) is 0 Å². The van der Waals surface area contributed by atoms with Gasteiger partial charge in [0.15, 0.2) is 11.5 Å². The molecule has 0 aliphatic carbocycles. The van der Waals surface area contributed by atoms with Crippen molar-refractivity contribution >= 4 is 15.9 Å². The molecule has 0 amide bonds. The number of rotatable bonds is 8. The fraction of sp³-hybridized carbons (Fsp3) is 0.538. The fourth-order valence-electron chi connectivity index (χ4n) is 1.57. The topological polar surface area (TPSA) is 58.9 Å². The molecule has 0 spiro atoms. The van der Waals surface area contributed by atoms with Crippen molar-refractivity contribution in [1.29, 1.82) is 0 Å². The number of hydrogen-bond donors (Lipinski definition) is 2. The van der Waals surface area contributed by atoms with Crippen LogP contribution < -0.4 is 9.47 Å². The third-order valence-electron chi connectivity index (χ3n) is 2.52. The van der Waals surface area contributed by atoms with E-state index in [0.29, 0.717) is 18.1 Å². The Kier molecular flexibility index (Phi) is 7.08. The van der Waals surface area contributed by atoms with Crippen LogP contribution in [0, 0.1) is 0 Å². The van der Waals surface area contributed by atoms with E-state index >= 15 is 0 Å². The molecule has 0 aromatic heterocycles. The zero-order valence-electron chi connectivity index (χ0n) is 10.5. The Morgan fingerprint density at radius 1 is 1.17 bits per heavy atom. The highest BCUT2D eigenvalue weighted by Crippen LogP contribution is 2.36. The number of hydrogen-bond acceptors (Lipinski definition) is 4. The SMILES string of the molecule is COc1cc(CO)cc(Br)c1OCCCCCO. The Labute approximate surface area is 116 Å². The molecule has 0 fully saturated rings.